The second kappa shape index (κ2) is 10.9. The first kappa shape index (κ1) is 25.9. The first-order chi connectivity index (χ1) is 17.6. The maximum absolute atomic E-state index is 13.3. The molecule has 2 N–H and O–H groups in total. The molecular weight excluding hydrogens is 517 g/mol. The van der Waals surface area contributed by atoms with Gasteiger partial charge in [0.1, 0.15) is 11.3 Å². The van der Waals surface area contributed by atoms with Gasteiger partial charge in [-0.3, -0.25) is 19.7 Å². The van der Waals surface area contributed by atoms with Crippen LogP contribution in [0.3, 0.4) is 0 Å². The Bertz CT molecular complexity index is 1450. The summed E-state index contributed by atoms with van der Waals surface area (Å²) >= 11 is 12.0. The minimum absolute atomic E-state index is 0.207. The molecule has 0 unspecified atom stereocenters. The number of carbonyl (C=O) groups excluding carboxylic acids is 4. The lowest BCUT2D eigenvalue weighted by atomic mass is 10.0. The molecule has 0 atom stereocenters. The van der Waals surface area contributed by atoms with Gasteiger partial charge in [-0.2, -0.15) is 0 Å². The number of imide groups is 2. The van der Waals surface area contributed by atoms with Crippen LogP contribution in [0.4, 0.5) is 16.2 Å². The first-order valence-electron chi connectivity index (χ1n) is 11.1. The van der Waals surface area contributed by atoms with Crippen LogP contribution < -0.4 is 20.3 Å². The van der Waals surface area contributed by atoms with Crippen molar-refractivity contribution >= 4 is 64.4 Å². The van der Waals surface area contributed by atoms with Gasteiger partial charge in [0.05, 0.1) is 5.69 Å². The lowest BCUT2D eigenvalue weighted by Crippen LogP contribution is -2.54. The number of rotatable bonds is 6. The van der Waals surface area contributed by atoms with Crippen molar-refractivity contribution < 1.29 is 23.9 Å². The van der Waals surface area contributed by atoms with Gasteiger partial charge in [0.2, 0.25) is 0 Å². The van der Waals surface area contributed by atoms with Crippen LogP contribution in [0.2, 0.25) is 10.0 Å². The van der Waals surface area contributed by atoms with E-state index in [9.17, 15) is 19.2 Å². The van der Waals surface area contributed by atoms with Crippen LogP contribution in [-0.2, 0) is 14.4 Å². The lowest BCUT2D eigenvalue weighted by Gasteiger charge is -2.27. The fourth-order valence-electron chi connectivity index (χ4n) is 3.55. The van der Waals surface area contributed by atoms with Crippen molar-refractivity contribution in [3.8, 4) is 5.75 Å². The SMILES string of the molecule is Cc1ccc(N2C(=O)NC(=O)/C(=C\c3cc(Cl)ccc3OCC(=O)Nc3ccc(Cl)cc3)C2=O)cc1C. The molecule has 3 aromatic rings. The normalized spacial score (nSPS) is 14.5. The summed E-state index contributed by atoms with van der Waals surface area (Å²) < 4.78 is 5.66. The van der Waals surface area contributed by atoms with E-state index in [1.165, 1.54) is 18.2 Å². The van der Waals surface area contributed by atoms with Gasteiger partial charge < -0.3 is 10.1 Å². The quantitative estimate of drug-likeness (QED) is 0.328. The number of anilines is 2. The second-order valence-electron chi connectivity index (χ2n) is 8.25. The number of hydrogen-bond acceptors (Lipinski definition) is 5. The number of aryl methyl sites for hydroxylation is 2. The number of amides is 5. The molecule has 0 aliphatic carbocycles. The zero-order chi connectivity index (χ0) is 26.7. The van der Waals surface area contributed by atoms with Crippen LogP contribution in [0.1, 0.15) is 16.7 Å². The molecule has 0 radical (unpaired) electrons. The molecular formula is C27H21Cl2N3O5. The Hall–Kier alpha value is -4.14. The van der Waals surface area contributed by atoms with Crippen molar-refractivity contribution in [2.75, 3.05) is 16.8 Å². The van der Waals surface area contributed by atoms with Gasteiger partial charge in [0, 0.05) is 21.3 Å². The summed E-state index contributed by atoms with van der Waals surface area (Å²) in [6, 6.07) is 15.4. The number of barbiturate groups is 1. The molecule has 1 fully saturated rings. The van der Waals surface area contributed by atoms with Gasteiger partial charge >= 0.3 is 6.03 Å². The Morgan fingerprint density at radius 1 is 0.946 bits per heavy atom. The van der Waals surface area contributed by atoms with E-state index < -0.39 is 23.8 Å². The minimum Gasteiger partial charge on any atom is -0.483 e. The highest BCUT2D eigenvalue weighted by Gasteiger charge is 2.37. The number of halogens is 2. The number of benzene rings is 3. The van der Waals surface area contributed by atoms with Crippen LogP contribution in [0.15, 0.2) is 66.2 Å². The Kier molecular flexibility index (Phi) is 7.61. The smallest absolute Gasteiger partial charge is 0.335 e. The van der Waals surface area contributed by atoms with Crippen molar-refractivity contribution in [1.82, 2.24) is 5.32 Å². The number of nitrogens with zero attached hydrogens (tertiary/aromatic N) is 1. The fourth-order valence-corrected chi connectivity index (χ4v) is 3.86. The molecule has 10 heteroatoms. The van der Waals surface area contributed by atoms with Gasteiger partial charge in [-0.25, -0.2) is 9.69 Å². The van der Waals surface area contributed by atoms with Gasteiger partial charge in [-0.15, -0.1) is 0 Å². The van der Waals surface area contributed by atoms with E-state index in [0.29, 0.717) is 21.4 Å². The Morgan fingerprint density at radius 2 is 1.65 bits per heavy atom. The van der Waals surface area contributed by atoms with Crippen molar-refractivity contribution in [3.05, 3.63) is 93.0 Å². The van der Waals surface area contributed by atoms with Crippen molar-refractivity contribution in [1.29, 1.82) is 0 Å². The van der Waals surface area contributed by atoms with Gasteiger partial charge in [-0.05, 0) is 85.6 Å². The third kappa shape index (κ3) is 5.99. The predicted octanol–water partition coefficient (Wildman–Crippen LogP) is 5.29. The van der Waals surface area contributed by atoms with Gasteiger partial charge in [0.15, 0.2) is 6.61 Å². The van der Waals surface area contributed by atoms with Crippen LogP contribution in [0.5, 0.6) is 5.75 Å². The van der Waals surface area contributed by atoms with Crippen LogP contribution >= 0.6 is 23.2 Å². The zero-order valence-electron chi connectivity index (χ0n) is 19.8. The number of hydrogen-bond donors (Lipinski definition) is 2. The molecule has 0 bridgehead atoms. The molecule has 1 aliphatic heterocycles. The first-order valence-corrected chi connectivity index (χ1v) is 11.8. The summed E-state index contributed by atoms with van der Waals surface area (Å²) in [5.41, 5.74) is 2.71. The van der Waals surface area contributed by atoms with Crippen molar-refractivity contribution in [2.24, 2.45) is 0 Å². The van der Waals surface area contributed by atoms with Gasteiger partial charge in [0.25, 0.3) is 17.7 Å². The molecule has 4 rings (SSSR count). The maximum atomic E-state index is 13.3. The predicted molar refractivity (Wildman–Crippen MR) is 142 cm³/mol. The molecule has 8 nitrogen and oxygen atoms in total. The van der Waals surface area contributed by atoms with Gasteiger partial charge in [-0.1, -0.05) is 29.3 Å². The molecule has 5 amide bonds. The largest absolute Gasteiger partial charge is 0.483 e. The Labute approximate surface area is 222 Å². The highest BCUT2D eigenvalue weighted by atomic mass is 35.5. The van der Waals surface area contributed by atoms with Crippen molar-refractivity contribution in [3.63, 3.8) is 0 Å². The number of nitrogens with one attached hydrogen (secondary N) is 2. The van der Waals surface area contributed by atoms with E-state index >= 15 is 0 Å². The molecule has 1 heterocycles. The summed E-state index contributed by atoms with van der Waals surface area (Å²) in [5, 5.41) is 5.72. The third-order valence-corrected chi connectivity index (χ3v) is 6.10. The maximum Gasteiger partial charge on any atom is 0.335 e. The second-order valence-corrected chi connectivity index (χ2v) is 9.13. The summed E-state index contributed by atoms with van der Waals surface area (Å²) in [4.78, 5) is 51.7. The Balaban J connectivity index is 1.58. The van der Waals surface area contributed by atoms with E-state index in [1.807, 2.05) is 13.8 Å². The molecule has 3 aromatic carbocycles. The minimum atomic E-state index is -0.860. The van der Waals surface area contributed by atoms with E-state index in [0.717, 1.165) is 16.0 Å². The van der Waals surface area contributed by atoms with E-state index in [-0.39, 0.29) is 23.5 Å². The monoisotopic (exact) mass is 537 g/mol. The number of urea groups is 1. The molecule has 188 valence electrons. The number of carbonyl (C=O) groups is 4. The fraction of sp³-hybridized carbons (Fsp3) is 0.111. The highest BCUT2D eigenvalue weighted by molar-refractivity contribution is 6.39. The highest BCUT2D eigenvalue weighted by Crippen LogP contribution is 2.28. The molecule has 1 aliphatic rings. The van der Waals surface area contributed by atoms with Crippen LogP contribution in [0.25, 0.3) is 6.08 Å². The summed E-state index contributed by atoms with van der Waals surface area (Å²) in [6.45, 7) is 3.40. The molecule has 37 heavy (non-hydrogen) atoms. The number of ether oxygens (including phenoxy) is 1. The topological polar surface area (TPSA) is 105 Å². The average molecular weight is 538 g/mol. The molecule has 0 saturated carbocycles. The van der Waals surface area contributed by atoms with E-state index in [1.54, 1.807) is 48.5 Å². The summed E-state index contributed by atoms with van der Waals surface area (Å²) in [6.07, 6.45) is 1.27. The summed E-state index contributed by atoms with van der Waals surface area (Å²) in [7, 11) is 0. The van der Waals surface area contributed by atoms with E-state index in [4.69, 9.17) is 27.9 Å². The average Bonchev–Trinajstić information content (AvgIpc) is 2.84. The van der Waals surface area contributed by atoms with Crippen LogP contribution in [-0.4, -0.2) is 30.4 Å². The zero-order valence-corrected chi connectivity index (χ0v) is 21.3. The standard InChI is InChI=1S/C27H21Cl2N3O5/c1-15-3-9-21(11-16(15)2)32-26(35)22(25(34)31-27(32)36)13-17-12-19(29)6-10-23(17)37-14-24(33)30-20-7-4-18(28)5-8-20/h3-13H,14H2,1-2H3,(H,30,33)(H,31,34,36)/b22-13+. The molecule has 0 aromatic heterocycles. The van der Waals surface area contributed by atoms with E-state index in [2.05, 4.69) is 10.6 Å². The molecule has 1 saturated heterocycles. The summed E-state index contributed by atoms with van der Waals surface area (Å²) in [5.74, 6) is -1.89. The lowest BCUT2D eigenvalue weighted by molar-refractivity contribution is -0.122. The van der Waals surface area contributed by atoms with Crippen LogP contribution in [0, 0.1) is 13.8 Å². The third-order valence-electron chi connectivity index (χ3n) is 5.61. The molecule has 0 spiro atoms. The van der Waals surface area contributed by atoms with Crippen molar-refractivity contribution in [2.45, 2.75) is 13.8 Å². The Morgan fingerprint density at radius 3 is 2.35 bits per heavy atom.